The van der Waals surface area contributed by atoms with Crippen LogP contribution in [0.15, 0.2) is 48.5 Å². The number of hydrogen-bond acceptors (Lipinski definition) is 2. The highest BCUT2D eigenvalue weighted by molar-refractivity contribution is 5.91. The fourth-order valence-electron chi connectivity index (χ4n) is 3.12. The van der Waals surface area contributed by atoms with E-state index in [9.17, 15) is 9.18 Å². The first-order valence-electron chi connectivity index (χ1n) is 8.24. The lowest BCUT2D eigenvalue weighted by Crippen LogP contribution is -2.34. The van der Waals surface area contributed by atoms with Gasteiger partial charge in [0.1, 0.15) is 11.6 Å². The van der Waals surface area contributed by atoms with Gasteiger partial charge in [0.2, 0.25) is 0 Å². The fraction of sp³-hybridized carbons (Fsp3) is 0.316. The molecule has 0 spiro atoms. The van der Waals surface area contributed by atoms with Crippen molar-refractivity contribution in [1.29, 1.82) is 0 Å². The van der Waals surface area contributed by atoms with Crippen LogP contribution in [0.4, 0.5) is 14.9 Å². The summed E-state index contributed by atoms with van der Waals surface area (Å²) >= 11 is 0. The van der Waals surface area contributed by atoms with E-state index in [2.05, 4.69) is 5.32 Å². The second kappa shape index (κ2) is 7.34. The van der Waals surface area contributed by atoms with Gasteiger partial charge in [-0.25, -0.2) is 9.18 Å². The molecule has 2 aromatic rings. The highest BCUT2D eigenvalue weighted by Gasteiger charge is 2.31. The maximum absolute atomic E-state index is 14.1. The first-order chi connectivity index (χ1) is 11.7. The average molecular weight is 328 g/mol. The SMILES string of the molecule is CCOc1ccccc1NC(=O)N1CCC[C@@H]1c1ccccc1F. The zero-order chi connectivity index (χ0) is 16.9. The highest BCUT2D eigenvalue weighted by Crippen LogP contribution is 2.34. The van der Waals surface area contributed by atoms with Crippen LogP contribution >= 0.6 is 0 Å². The summed E-state index contributed by atoms with van der Waals surface area (Å²) in [4.78, 5) is 14.4. The van der Waals surface area contributed by atoms with Gasteiger partial charge in [0.15, 0.2) is 0 Å². The number of hydrogen-bond donors (Lipinski definition) is 1. The molecule has 1 saturated heterocycles. The van der Waals surface area contributed by atoms with Gasteiger partial charge in [-0.1, -0.05) is 30.3 Å². The third-order valence-corrected chi connectivity index (χ3v) is 4.21. The van der Waals surface area contributed by atoms with Crippen molar-refractivity contribution in [3.05, 3.63) is 59.9 Å². The van der Waals surface area contributed by atoms with E-state index in [1.54, 1.807) is 29.2 Å². The largest absolute Gasteiger partial charge is 0.492 e. The molecule has 0 radical (unpaired) electrons. The summed E-state index contributed by atoms with van der Waals surface area (Å²) in [6, 6.07) is 13.5. The normalized spacial score (nSPS) is 16.9. The molecule has 2 aromatic carbocycles. The van der Waals surface area contributed by atoms with Gasteiger partial charge in [-0.05, 0) is 38.0 Å². The number of urea groups is 1. The Balaban J connectivity index is 1.78. The molecule has 1 fully saturated rings. The fourth-order valence-corrected chi connectivity index (χ4v) is 3.12. The molecule has 126 valence electrons. The molecular formula is C19H21FN2O2. The second-order valence-electron chi connectivity index (χ2n) is 5.73. The van der Waals surface area contributed by atoms with E-state index < -0.39 is 0 Å². The van der Waals surface area contributed by atoms with Crippen molar-refractivity contribution in [2.45, 2.75) is 25.8 Å². The summed E-state index contributed by atoms with van der Waals surface area (Å²) in [5.74, 6) is 0.368. The topological polar surface area (TPSA) is 41.6 Å². The Labute approximate surface area is 141 Å². The summed E-state index contributed by atoms with van der Waals surface area (Å²) in [5.41, 5.74) is 1.20. The molecule has 3 rings (SSSR count). The van der Waals surface area contributed by atoms with Gasteiger partial charge in [-0.15, -0.1) is 0 Å². The summed E-state index contributed by atoms with van der Waals surface area (Å²) in [7, 11) is 0. The first-order valence-corrected chi connectivity index (χ1v) is 8.24. The maximum Gasteiger partial charge on any atom is 0.322 e. The molecule has 1 atom stereocenters. The van der Waals surface area contributed by atoms with Crippen LogP contribution in [-0.2, 0) is 0 Å². The zero-order valence-corrected chi connectivity index (χ0v) is 13.7. The maximum atomic E-state index is 14.1. The number of halogens is 1. The highest BCUT2D eigenvalue weighted by atomic mass is 19.1. The van der Waals surface area contributed by atoms with Crippen molar-refractivity contribution in [1.82, 2.24) is 4.90 Å². The average Bonchev–Trinajstić information content (AvgIpc) is 3.07. The summed E-state index contributed by atoms with van der Waals surface area (Å²) in [6.07, 6.45) is 1.63. The molecule has 5 heteroatoms. The quantitative estimate of drug-likeness (QED) is 0.891. The van der Waals surface area contributed by atoms with Gasteiger partial charge in [0.05, 0.1) is 18.3 Å². The van der Waals surface area contributed by atoms with E-state index in [4.69, 9.17) is 4.74 Å². The number of amides is 2. The Morgan fingerprint density at radius 2 is 2.00 bits per heavy atom. The molecule has 1 aliphatic rings. The zero-order valence-electron chi connectivity index (χ0n) is 13.7. The number of nitrogens with one attached hydrogen (secondary N) is 1. The Bertz CT molecular complexity index is 720. The lowest BCUT2D eigenvalue weighted by molar-refractivity contribution is 0.206. The summed E-state index contributed by atoms with van der Waals surface area (Å²) < 4.78 is 19.6. The van der Waals surface area contributed by atoms with Crippen LogP contribution in [0, 0.1) is 5.82 Å². The number of likely N-dealkylation sites (tertiary alicyclic amines) is 1. The van der Waals surface area contributed by atoms with E-state index in [0.717, 1.165) is 12.8 Å². The third kappa shape index (κ3) is 3.35. The van der Waals surface area contributed by atoms with Crippen LogP contribution in [0.2, 0.25) is 0 Å². The molecule has 2 amide bonds. The van der Waals surface area contributed by atoms with Gasteiger partial charge in [0, 0.05) is 12.1 Å². The number of rotatable bonds is 4. The third-order valence-electron chi connectivity index (χ3n) is 4.21. The molecule has 0 aliphatic carbocycles. The minimum atomic E-state index is -0.267. The Morgan fingerprint density at radius 1 is 1.25 bits per heavy atom. The molecule has 1 heterocycles. The minimum Gasteiger partial charge on any atom is -0.492 e. The van der Waals surface area contributed by atoms with Crippen molar-refractivity contribution in [2.24, 2.45) is 0 Å². The number of nitrogens with zero attached hydrogens (tertiary/aromatic N) is 1. The minimum absolute atomic E-state index is 0.229. The molecule has 4 nitrogen and oxygen atoms in total. The Hall–Kier alpha value is -2.56. The summed E-state index contributed by atoms with van der Waals surface area (Å²) in [5, 5.41) is 2.90. The van der Waals surface area contributed by atoms with E-state index >= 15 is 0 Å². The Kier molecular flexibility index (Phi) is 4.99. The second-order valence-corrected chi connectivity index (χ2v) is 5.73. The molecule has 1 N–H and O–H groups in total. The van der Waals surface area contributed by atoms with Crippen LogP contribution in [0.5, 0.6) is 5.75 Å². The van der Waals surface area contributed by atoms with Gasteiger partial charge in [0.25, 0.3) is 0 Å². The molecule has 0 bridgehead atoms. The predicted octanol–water partition coefficient (Wildman–Crippen LogP) is 4.59. The van der Waals surface area contributed by atoms with Crippen molar-refractivity contribution >= 4 is 11.7 Å². The van der Waals surface area contributed by atoms with Crippen LogP contribution < -0.4 is 10.1 Å². The van der Waals surface area contributed by atoms with Crippen LogP contribution in [0.1, 0.15) is 31.4 Å². The van der Waals surface area contributed by atoms with Crippen molar-refractivity contribution in [2.75, 3.05) is 18.5 Å². The molecule has 1 aliphatic heterocycles. The predicted molar refractivity (Wildman–Crippen MR) is 91.7 cm³/mol. The number of ether oxygens (including phenoxy) is 1. The number of anilines is 1. The van der Waals surface area contributed by atoms with E-state index in [0.29, 0.717) is 30.2 Å². The monoisotopic (exact) mass is 328 g/mol. The number of para-hydroxylation sites is 2. The molecule has 24 heavy (non-hydrogen) atoms. The van der Waals surface area contributed by atoms with Crippen LogP contribution in [-0.4, -0.2) is 24.1 Å². The van der Waals surface area contributed by atoms with Gasteiger partial charge in [-0.3, -0.25) is 0 Å². The smallest absolute Gasteiger partial charge is 0.322 e. The van der Waals surface area contributed by atoms with Gasteiger partial charge in [-0.2, -0.15) is 0 Å². The summed E-state index contributed by atoms with van der Waals surface area (Å²) in [6.45, 7) is 3.03. The number of carbonyl (C=O) groups is 1. The Morgan fingerprint density at radius 3 is 2.79 bits per heavy atom. The van der Waals surface area contributed by atoms with Crippen molar-refractivity contribution in [3.8, 4) is 5.75 Å². The standard InChI is InChI=1S/C19H21FN2O2/c1-2-24-18-12-6-5-10-16(18)21-19(23)22-13-7-11-17(22)14-8-3-4-9-15(14)20/h3-6,8-10,12,17H,2,7,11,13H2,1H3,(H,21,23)/t17-/m1/s1. The van der Waals surface area contributed by atoms with Crippen LogP contribution in [0.3, 0.4) is 0 Å². The molecular weight excluding hydrogens is 307 g/mol. The number of benzene rings is 2. The first kappa shape index (κ1) is 16.3. The number of carbonyl (C=O) groups excluding carboxylic acids is 1. The van der Waals surface area contributed by atoms with Crippen LogP contribution in [0.25, 0.3) is 0 Å². The van der Waals surface area contributed by atoms with E-state index in [1.165, 1.54) is 6.07 Å². The molecule has 0 unspecified atom stereocenters. The van der Waals surface area contributed by atoms with E-state index in [1.807, 2.05) is 25.1 Å². The lowest BCUT2D eigenvalue weighted by atomic mass is 10.0. The lowest BCUT2D eigenvalue weighted by Gasteiger charge is -2.26. The molecule has 0 saturated carbocycles. The van der Waals surface area contributed by atoms with Crippen molar-refractivity contribution in [3.63, 3.8) is 0 Å². The van der Waals surface area contributed by atoms with Crippen molar-refractivity contribution < 1.29 is 13.9 Å². The van der Waals surface area contributed by atoms with Gasteiger partial charge < -0.3 is 15.0 Å². The van der Waals surface area contributed by atoms with E-state index in [-0.39, 0.29) is 17.9 Å². The molecule has 0 aromatic heterocycles. The van der Waals surface area contributed by atoms with Gasteiger partial charge >= 0.3 is 6.03 Å².